The standard InChI is InChI=1S/C11H20N4O2/c1-11(2,3)8-14(4)5-6-15-7-9(10(16)17)12-13-15/h7H,5-6,8H2,1-4H3,(H,16,17). The van der Waals surface area contributed by atoms with Crippen molar-refractivity contribution in [3.63, 3.8) is 0 Å². The second-order valence-electron chi connectivity index (χ2n) is 5.47. The highest BCUT2D eigenvalue weighted by atomic mass is 16.4. The Balaban J connectivity index is 2.42. The molecule has 0 aliphatic heterocycles. The van der Waals surface area contributed by atoms with Gasteiger partial charge in [-0.3, -0.25) is 4.68 Å². The van der Waals surface area contributed by atoms with Gasteiger partial charge in [-0.05, 0) is 12.5 Å². The normalized spacial score (nSPS) is 12.1. The van der Waals surface area contributed by atoms with Gasteiger partial charge in [0.05, 0.1) is 12.7 Å². The first-order chi connectivity index (χ1) is 7.78. The molecule has 0 aliphatic rings. The molecule has 6 heteroatoms. The van der Waals surface area contributed by atoms with Crippen molar-refractivity contribution in [2.75, 3.05) is 20.1 Å². The Morgan fingerprint density at radius 1 is 1.53 bits per heavy atom. The van der Waals surface area contributed by atoms with Gasteiger partial charge in [0.1, 0.15) is 0 Å². The summed E-state index contributed by atoms with van der Waals surface area (Å²) in [6, 6.07) is 0. The summed E-state index contributed by atoms with van der Waals surface area (Å²) in [4.78, 5) is 12.8. The number of hydrogen-bond donors (Lipinski definition) is 1. The molecule has 0 spiro atoms. The van der Waals surface area contributed by atoms with Crippen molar-refractivity contribution in [3.05, 3.63) is 11.9 Å². The van der Waals surface area contributed by atoms with Gasteiger partial charge in [-0.25, -0.2) is 4.79 Å². The van der Waals surface area contributed by atoms with Crippen molar-refractivity contribution in [2.24, 2.45) is 5.41 Å². The average molecular weight is 240 g/mol. The van der Waals surface area contributed by atoms with Crippen LogP contribution in [-0.4, -0.2) is 51.1 Å². The van der Waals surface area contributed by atoms with Gasteiger partial charge in [0, 0.05) is 13.1 Å². The van der Waals surface area contributed by atoms with Gasteiger partial charge < -0.3 is 10.0 Å². The molecule has 96 valence electrons. The minimum absolute atomic E-state index is 0.0107. The largest absolute Gasteiger partial charge is 0.476 e. The number of carbonyl (C=O) groups is 1. The fourth-order valence-corrected chi connectivity index (χ4v) is 1.67. The third-order valence-electron chi connectivity index (χ3n) is 2.21. The van der Waals surface area contributed by atoms with Crippen molar-refractivity contribution in [3.8, 4) is 0 Å². The van der Waals surface area contributed by atoms with Crippen LogP contribution in [0, 0.1) is 5.41 Å². The summed E-state index contributed by atoms with van der Waals surface area (Å²) in [6.45, 7) is 8.99. The molecular formula is C11H20N4O2. The van der Waals surface area contributed by atoms with Gasteiger partial charge in [0.25, 0.3) is 0 Å². The van der Waals surface area contributed by atoms with E-state index in [2.05, 4.69) is 36.0 Å². The SMILES string of the molecule is CN(CCn1cc(C(=O)O)nn1)CC(C)(C)C. The van der Waals surface area contributed by atoms with Crippen LogP contribution in [0.25, 0.3) is 0 Å². The van der Waals surface area contributed by atoms with Crippen LogP contribution >= 0.6 is 0 Å². The highest BCUT2D eigenvalue weighted by Gasteiger charge is 2.14. The van der Waals surface area contributed by atoms with Gasteiger partial charge in [0.2, 0.25) is 0 Å². The third-order valence-corrected chi connectivity index (χ3v) is 2.21. The lowest BCUT2D eigenvalue weighted by Crippen LogP contribution is -2.31. The number of nitrogens with zero attached hydrogens (tertiary/aromatic N) is 4. The van der Waals surface area contributed by atoms with Crippen LogP contribution in [0.4, 0.5) is 0 Å². The predicted octanol–water partition coefficient (Wildman–Crippen LogP) is 0.954. The van der Waals surface area contributed by atoms with Crippen LogP contribution in [0.3, 0.4) is 0 Å². The zero-order chi connectivity index (χ0) is 13.1. The molecule has 0 aromatic carbocycles. The van der Waals surface area contributed by atoms with Crippen LogP contribution in [0.2, 0.25) is 0 Å². The maximum Gasteiger partial charge on any atom is 0.358 e. The minimum atomic E-state index is -1.04. The molecule has 0 saturated heterocycles. The molecule has 1 heterocycles. The van der Waals surface area contributed by atoms with E-state index in [1.165, 1.54) is 6.20 Å². The molecule has 6 nitrogen and oxygen atoms in total. The molecular weight excluding hydrogens is 220 g/mol. The zero-order valence-corrected chi connectivity index (χ0v) is 10.8. The molecule has 1 rings (SSSR count). The third kappa shape index (κ3) is 4.95. The quantitative estimate of drug-likeness (QED) is 0.829. The van der Waals surface area contributed by atoms with E-state index in [1.807, 2.05) is 7.05 Å². The highest BCUT2D eigenvalue weighted by Crippen LogP contribution is 2.13. The average Bonchev–Trinajstić information content (AvgIpc) is 2.60. The van der Waals surface area contributed by atoms with Gasteiger partial charge in [-0.15, -0.1) is 5.10 Å². The van der Waals surface area contributed by atoms with E-state index >= 15 is 0 Å². The zero-order valence-electron chi connectivity index (χ0n) is 10.8. The van der Waals surface area contributed by atoms with Crippen molar-refractivity contribution in [2.45, 2.75) is 27.3 Å². The van der Waals surface area contributed by atoms with Crippen molar-refractivity contribution in [1.29, 1.82) is 0 Å². The number of rotatable bonds is 5. The predicted molar refractivity (Wildman–Crippen MR) is 63.9 cm³/mol. The smallest absolute Gasteiger partial charge is 0.358 e. The lowest BCUT2D eigenvalue weighted by Gasteiger charge is -2.26. The van der Waals surface area contributed by atoms with Gasteiger partial charge >= 0.3 is 5.97 Å². The second kappa shape index (κ2) is 5.27. The van der Waals surface area contributed by atoms with E-state index in [9.17, 15) is 4.79 Å². The summed E-state index contributed by atoms with van der Waals surface area (Å²) < 4.78 is 1.56. The van der Waals surface area contributed by atoms with Crippen LogP contribution in [0.15, 0.2) is 6.20 Å². The maximum absolute atomic E-state index is 10.6. The molecule has 0 aliphatic carbocycles. The molecule has 17 heavy (non-hydrogen) atoms. The first-order valence-electron chi connectivity index (χ1n) is 5.60. The summed E-state index contributed by atoms with van der Waals surface area (Å²) in [5.74, 6) is -1.04. The molecule has 1 aromatic heterocycles. The molecule has 0 fully saturated rings. The van der Waals surface area contributed by atoms with E-state index < -0.39 is 5.97 Å². The topological polar surface area (TPSA) is 71.2 Å². The Kier molecular flexibility index (Phi) is 4.22. The second-order valence-corrected chi connectivity index (χ2v) is 5.47. The number of carboxylic acids is 1. The number of aromatic nitrogens is 3. The van der Waals surface area contributed by atoms with Crippen LogP contribution < -0.4 is 0 Å². The molecule has 0 bridgehead atoms. The number of aromatic carboxylic acids is 1. The minimum Gasteiger partial charge on any atom is -0.476 e. The first-order valence-corrected chi connectivity index (χ1v) is 5.60. The summed E-state index contributed by atoms with van der Waals surface area (Å²) in [5.41, 5.74) is 0.243. The summed E-state index contributed by atoms with van der Waals surface area (Å²) in [7, 11) is 2.04. The van der Waals surface area contributed by atoms with Crippen LogP contribution in [0.1, 0.15) is 31.3 Å². The molecule has 0 amide bonds. The number of hydrogen-bond acceptors (Lipinski definition) is 4. The van der Waals surface area contributed by atoms with E-state index in [-0.39, 0.29) is 11.1 Å². The van der Waals surface area contributed by atoms with Gasteiger partial charge in [-0.2, -0.15) is 0 Å². The fourth-order valence-electron chi connectivity index (χ4n) is 1.67. The number of likely N-dealkylation sites (N-methyl/N-ethyl adjacent to an activating group) is 1. The maximum atomic E-state index is 10.6. The molecule has 0 unspecified atom stereocenters. The number of carboxylic acid groups (broad SMARTS) is 1. The Hall–Kier alpha value is -1.43. The Bertz CT molecular complexity index is 381. The lowest BCUT2D eigenvalue weighted by atomic mass is 9.96. The molecule has 0 atom stereocenters. The van der Waals surface area contributed by atoms with E-state index in [4.69, 9.17) is 5.11 Å². The Morgan fingerprint density at radius 2 is 2.18 bits per heavy atom. The van der Waals surface area contributed by atoms with Crippen LogP contribution in [-0.2, 0) is 6.54 Å². The van der Waals surface area contributed by atoms with Crippen molar-refractivity contribution < 1.29 is 9.90 Å². The van der Waals surface area contributed by atoms with Gasteiger partial charge in [0.15, 0.2) is 5.69 Å². The fraction of sp³-hybridized carbons (Fsp3) is 0.727. The van der Waals surface area contributed by atoms with E-state index in [0.717, 1.165) is 13.1 Å². The van der Waals surface area contributed by atoms with Crippen molar-refractivity contribution in [1.82, 2.24) is 19.9 Å². The molecule has 1 aromatic rings. The Labute approximate surface area is 101 Å². The van der Waals surface area contributed by atoms with Crippen molar-refractivity contribution >= 4 is 5.97 Å². The molecule has 1 N–H and O–H groups in total. The summed E-state index contributed by atoms with van der Waals surface area (Å²) in [5, 5.41) is 16.0. The van der Waals surface area contributed by atoms with E-state index in [1.54, 1.807) is 4.68 Å². The van der Waals surface area contributed by atoms with Gasteiger partial charge in [-0.1, -0.05) is 26.0 Å². The lowest BCUT2D eigenvalue weighted by molar-refractivity contribution is 0.0690. The first kappa shape index (κ1) is 13.6. The monoisotopic (exact) mass is 240 g/mol. The van der Waals surface area contributed by atoms with Crippen LogP contribution in [0.5, 0.6) is 0 Å². The Morgan fingerprint density at radius 3 is 2.65 bits per heavy atom. The summed E-state index contributed by atoms with van der Waals surface area (Å²) >= 11 is 0. The summed E-state index contributed by atoms with van der Waals surface area (Å²) in [6.07, 6.45) is 1.45. The highest BCUT2D eigenvalue weighted by molar-refractivity contribution is 5.84. The molecule has 0 saturated carbocycles. The van der Waals surface area contributed by atoms with E-state index in [0.29, 0.717) is 6.54 Å². The molecule has 0 radical (unpaired) electrons.